The molecule has 1 saturated carbocycles. The van der Waals surface area contributed by atoms with Crippen molar-refractivity contribution in [1.82, 2.24) is 5.32 Å². The van der Waals surface area contributed by atoms with Crippen LogP contribution in [0.25, 0.3) is 0 Å². The molecule has 0 heterocycles. The van der Waals surface area contributed by atoms with Gasteiger partial charge in [0.2, 0.25) is 0 Å². The Morgan fingerprint density at radius 3 is 2.67 bits per heavy atom. The molecule has 1 aliphatic carbocycles. The Labute approximate surface area is 110 Å². The van der Waals surface area contributed by atoms with Crippen LogP contribution in [0.3, 0.4) is 0 Å². The molecule has 0 bridgehead atoms. The second-order valence-corrected chi connectivity index (χ2v) is 5.40. The van der Waals surface area contributed by atoms with E-state index in [0.717, 1.165) is 18.0 Å². The quantitative estimate of drug-likeness (QED) is 0.820. The van der Waals surface area contributed by atoms with E-state index >= 15 is 0 Å². The van der Waals surface area contributed by atoms with Gasteiger partial charge in [-0.15, -0.1) is 0 Å². The second-order valence-electron chi connectivity index (χ2n) is 5.40. The first-order valence-corrected chi connectivity index (χ1v) is 7.24. The standard InChI is InChI=1S/C16H24FN/c1-3-12-9-10-13(11-12)16(18-4-2)14-7-5-6-8-15(14)17/h5-8,12-13,16,18H,3-4,9-11H2,1-2H3. The Balaban J connectivity index is 2.16. The molecule has 1 nitrogen and oxygen atoms in total. The van der Waals surface area contributed by atoms with Gasteiger partial charge in [-0.3, -0.25) is 0 Å². The predicted molar refractivity (Wildman–Crippen MR) is 73.9 cm³/mol. The van der Waals surface area contributed by atoms with Gasteiger partial charge in [0.15, 0.2) is 0 Å². The van der Waals surface area contributed by atoms with Crippen molar-refractivity contribution in [2.75, 3.05) is 6.54 Å². The summed E-state index contributed by atoms with van der Waals surface area (Å²) < 4.78 is 14.0. The van der Waals surface area contributed by atoms with Gasteiger partial charge in [0.1, 0.15) is 5.82 Å². The number of halogens is 1. The van der Waals surface area contributed by atoms with Gasteiger partial charge in [0.25, 0.3) is 0 Å². The average Bonchev–Trinajstić information content (AvgIpc) is 2.85. The normalized spacial score (nSPS) is 25.3. The van der Waals surface area contributed by atoms with Crippen LogP contribution in [0, 0.1) is 17.7 Å². The fourth-order valence-corrected chi connectivity index (χ4v) is 3.26. The van der Waals surface area contributed by atoms with Crippen LogP contribution in [-0.4, -0.2) is 6.54 Å². The minimum Gasteiger partial charge on any atom is -0.310 e. The van der Waals surface area contributed by atoms with Crippen molar-refractivity contribution >= 4 is 0 Å². The summed E-state index contributed by atoms with van der Waals surface area (Å²) in [4.78, 5) is 0. The molecular formula is C16H24FN. The highest BCUT2D eigenvalue weighted by atomic mass is 19.1. The van der Waals surface area contributed by atoms with Crippen LogP contribution in [-0.2, 0) is 0 Å². The van der Waals surface area contributed by atoms with Crippen LogP contribution in [0.1, 0.15) is 51.1 Å². The third kappa shape index (κ3) is 2.92. The largest absolute Gasteiger partial charge is 0.310 e. The van der Waals surface area contributed by atoms with Crippen LogP contribution in [0.5, 0.6) is 0 Å². The Morgan fingerprint density at radius 1 is 1.28 bits per heavy atom. The number of benzene rings is 1. The molecule has 3 atom stereocenters. The molecule has 1 aliphatic rings. The lowest BCUT2D eigenvalue weighted by molar-refractivity contribution is 0.350. The monoisotopic (exact) mass is 249 g/mol. The van der Waals surface area contributed by atoms with Crippen molar-refractivity contribution in [3.8, 4) is 0 Å². The van der Waals surface area contributed by atoms with Crippen molar-refractivity contribution < 1.29 is 4.39 Å². The molecule has 0 saturated heterocycles. The summed E-state index contributed by atoms with van der Waals surface area (Å²) in [6, 6.07) is 7.40. The van der Waals surface area contributed by atoms with Gasteiger partial charge >= 0.3 is 0 Å². The van der Waals surface area contributed by atoms with E-state index < -0.39 is 0 Å². The van der Waals surface area contributed by atoms with Gasteiger partial charge in [0.05, 0.1) is 0 Å². The van der Waals surface area contributed by atoms with E-state index in [9.17, 15) is 4.39 Å². The molecule has 1 aromatic rings. The van der Waals surface area contributed by atoms with Gasteiger partial charge in [-0.1, -0.05) is 44.9 Å². The van der Waals surface area contributed by atoms with Crippen LogP contribution in [0.2, 0.25) is 0 Å². The molecule has 1 aromatic carbocycles. The Hall–Kier alpha value is -0.890. The predicted octanol–water partition coefficient (Wildman–Crippen LogP) is 4.30. The lowest BCUT2D eigenvalue weighted by atomic mass is 9.90. The summed E-state index contributed by atoms with van der Waals surface area (Å²) in [5.41, 5.74) is 0.848. The maximum Gasteiger partial charge on any atom is 0.127 e. The first kappa shape index (κ1) is 13.5. The molecule has 1 N–H and O–H groups in total. The number of hydrogen-bond donors (Lipinski definition) is 1. The first-order chi connectivity index (χ1) is 8.76. The van der Waals surface area contributed by atoms with E-state index in [1.807, 2.05) is 12.1 Å². The zero-order valence-corrected chi connectivity index (χ0v) is 11.5. The highest BCUT2D eigenvalue weighted by Gasteiger charge is 2.31. The van der Waals surface area contributed by atoms with E-state index in [4.69, 9.17) is 0 Å². The Kier molecular flexibility index (Phi) is 4.76. The third-order valence-corrected chi connectivity index (χ3v) is 4.29. The van der Waals surface area contributed by atoms with Crippen LogP contribution in [0.4, 0.5) is 4.39 Å². The van der Waals surface area contributed by atoms with Gasteiger partial charge in [0, 0.05) is 11.6 Å². The minimum atomic E-state index is -0.0663. The molecule has 2 rings (SSSR count). The SMILES string of the molecule is CCNC(c1ccccc1F)C1CCC(CC)C1. The summed E-state index contributed by atoms with van der Waals surface area (Å²) in [6.45, 7) is 5.25. The summed E-state index contributed by atoms with van der Waals surface area (Å²) in [6.07, 6.45) is 5.02. The topological polar surface area (TPSA) is 12.0 Å². The Bertz CT molecular complexity index is 377. The molecule has 0 aliphatic heterocycles. The van der Waals surface area contributed by atoms with E-state index in [-0.39, 0.29) is 11.9 Å². The van der Waals surface area contributed by atoms with Gasteiger partial charge in [-0.25, -0.2) is 4.39 Å². The minimum absolute atomic E-state index is 0.0663. The maximum atomic E-state index is 14.0. The highest BCUT2D eigenvalue weighted by molar-refractivity contribution is 5.22. The smallest absolute Gasteiger partial charge is 0.127 e. The zero-order valence-electron chi connectivity index (χ0n) is 11.5. The summed E-state index contributed by atoms with van der Waals surface area (Å²) >= 11 is 0. The molecule has 1 fully saturated rings. The fraction of sp³-hybridized carbons (Fsp3) is 0.625. The highest BCUT2D eigenvalue weighted by Crippen LogP contribution is 2.40. The van der Waals surface area contributed by atoms with Crippen LogP contribution in [0.15, 0.2) is 24.3 Å². The van der Waals surface area contributed by atoms with Gasteiger partial charge < -0.3 is 5.32 Å². The van der Waals surface area contributed by atoms with E-state index in [2.05, 4.69) is 19.2 Å². The van der Waals surface area contributed by atoms with Crippen molar-refractivity contribution in [2.45, 2.75) is 45.6 Å². The zero-order chi connectivity index (χ0) is 13.0. The van der Waals surface area contributed by atoms with Crippen LogP contribution < -0.4 is 5.32 Å². The molecule has 0 spiro atoms. The van der Waals surface area contributed by atoms with Crippen molar-refractivity contribution in [3.05, 3.63) is 35.6 Å². The van der Waals surface area contributed by atoms with Gasteiger partial charge in [-0.05, 0) is 37.3 Å². The summed E-state index contributed by atoms with van der Waals surface area (Å²) in [5.74, 6) is 1.36. The third-order valence-electron chi connectivity index (χ3n) is 4.29. The molecule has 100 valence electrons. The van der Waals surface area contributed by atoms with E-state index in [1.54, 1.807) is 12.1 Å². The van der Waals surface area contributed by atoms with Crippen molar-refractivity contribution in [2.24, 2.45) is 11.8 Å². The Morgan fingerprint density at radius 2 is 2.06 bits per heavy atom. The lowest BCUT2D eigenvalue weighted by Crippen LogP contribution is -2.28. The van der Waals surface area contributed by atoms with E-state index in [1.165, 1.54) is 25.7 Å². The van der Waals surface area contributed by atoms with Crippen molar-refractivity contribution in [1.29, 1.82) is 0 Å². The molecule has 0 radical (unpaired) electrons. The fourth-order valence-electron chi connectivity index (χ4n) is 3.26. The van der Waals surface area contributed by atoms with E-state index in [0.29, 0.717) is 5.92 Å². The number of hydrogen-bond acceptors (Lipinski definition) is 1. The molecule has 2 heteroatoms. The second kappa shape index (κ2) is 6.33. The maximum absolute atomic E-state index is 14.0. The molecular weight excluding hydrogens is 225 g/mol. The first-order valence-electron chi connectivity index (χ1n) is 7.24. The number of nitrogens with one attached hydrogen (secondary N) is 1. The van der Waals surface area contributed by atoms with Crippen molar-refractivity contribution in [3.63, 3.8) is 0 Å². The summed E-state index contributed by atoms with van der Waals surface area (Å²) in [7, 11) is 0. The average molecular weight is 249 g/mol. The summed E-state index contributed by atoms with van der Waals surface area (Å²) in [5, 5.41) is 3.49. The lowest BCUT2D eigenvalue weighted by Gasteiger charge is -2.25. The molecule has 0 amide bonds. The number of rotatable bonds is 5. The van der Waals surface area contributed by atoms with Gasteiger partial charge in [-0.2, -0.15) is 0 Å². The van der Waals surface area contributed by atoms with Crippen LogP contribution >= 0.6 is 0 Å². The molecule has 0 aromatic heterocycles. The molecule has 18 heavy (non-hydrogen) atoms. The molecule has 3 unspecified atom stereocenters.